The number of carboxylic acids is 4. The largest absolute Gasteiger partial charge is 0.479 e. The fraction of sp³-hybridized carbons (Fsp3) is 0.892. The zero-order chi connectivity index (χ0) is 52.0. The zero-order valence-electron chi connectivity index (χ0n) is 36.3. The number of rotatable bonds is 16. The first-order valence-electron chi connectivity index (χ1n) is 21.2. The van der Waals surface area contributed by atoms with Gasteiger partial charge in [-0.2, -0.15) is 0 Å². The molecule has 33 nitrogen and oxygen atoms in total. The summed E-state index contributed by atoms with van der Waals surface area (Å²) in [5.74, 6) is -7.92. The Hall–Kier alpha value is -3.12. The maximum atomic E-state index is 12.5. The van der Waals surface area contributed by atoms with E-state index in [1.807, 2.05) is 0 Å². The highest BCUT2D eigenvalue weighted by atomic mass is 16.8. The fourth-order valence-corrected chi connectivity index (χ4v) is 8.70. The summed E-state index contributed by atoms with van der Waals surface area (Å²) < 4.78 is 62.9. The van der Waals surface area contributed by atoms with Crippen molar-refractivity contribution in [2.75, 3.05) is 14.2 Å². The van der Waals surface area contributed by atoms with Gasteiger partial charge in [0.1, 0.15) is 104 Å². The van der Waals surface area contributed by atoms with Crippen molar-refractivity contribution >= 4 is 23.9 Å². The molecule has 29 atom stereocenters. The molecule has 0 aromatic carbocycles. The van der Waals surface area contributed by atoms with Crippen LogP contribution in [0.5, 0.6) is 0 Å². The lowest BCUT2D eigenvalue weighted by Gasteiger charge is -2.48. The van der Waals surface area contributed by atoms with E-state index >= 15 is 0 Å². The molecule has 6 rings (SSSR count). The number of aliphatic hydroxyl groups is 13. The maximum Gasteiger partial charge on any atom is 0.335 e. The molecule has 70 heavy (non-hydrogen) atoms. The van der Waals surface area contributed by atoms with Crippen molar-refractivity contribution in [3.8, 4) is 0 Å². The average Bonchev–Trinajstić information content (AvgIpc) is 3.30. The molecule has 0 aromatic rings. The molecule has 0 spiro atoms. The Morgan fingerprint density at radius 2 is 0.586 bits per heavy atom. The van der Waals surface area contributed by atoms with Crippen LogP contribution >= 0.6 is 0 Å². The van der Waals surface area contributed by atoms with Crippen LogP contribution in [0.3, 0.4) is 0 Å². The number of hydrogen-bond acceptors (Lipinski definition) is 29. The van der Waals surface area contributed by atoms with E-state index in [0.29, 0.717) is 0 Å². The normalized spacial score (nSPS) is 50.2. The highest BCUT2D eigenvalue weighted by Gasteiger charge is 2.60. The van der Waals surface area contributed by atoms with Gasteiger partial charge >= 0.3 is 23.9 Å². The van der Waals surface area contributed by atoms with E-state index in [-0.39, 0.29) is 12.8 Å². The molecule has 402 valence electrons. The van der Waals surface area contributed by atoms with Crippen molar-refractivity contribution in [1.82, 2.24) is 0 Å². The van der Waals surface area contributed by atoms with E-state index in [1.165, 1.54) is 7.11 Å². The molecule has 6 aliphatic rings. The minimum Gasteiger partial charge on any atom is -0.479 e. The third-order valence-electron chi connectivity index (χ3n) is 12.6. The van der Waals surface area contributed by atoms with Gasteiger partial charge in [-0.15, -0.1) is 0 Å². The number of hydrogen-bond donors (Lipinski definition) is 17. The van der Waals surface area contributed by atoms with Gasteiger partial charge in [0, 0.05) is 14.2 Å². The molecule has 17 N–H and O–H groups in total. The summed E-state index contributed by atoms with van der Waals surface area (Å²) in [6.45, 7) is 0. The van der Waals surface area contributed by atoms with E-state index in [0.717, 1.165) is 7.11 Å². The topological polar surface area (TPSA) is 523 Å². The SMILES string of the molecule is COC1CC[C@@H](O[C@@H]2OC(C(=O)O)[C@@H](O[C@@H]3O[C@@H](C(=O)O)[C@@H](O[C@@H]4OC(C(=O)O)C(OC5OC(C(=O)O)[C@@H](O[C@@H]6OC(O)C(OC)[C@@H](O)C6O)C(O)C5O)[C@H](O)C4O)C(O)C3O)[C@@H](O)C2O)C(O)C1O. The van der Waals surface area contributed by atoms with Crippen molar-refractivity contribution in [2.45, 2.75) is 191 Å². The minimum absolute atomic E-state index is 0.00388. The number of aliphatic hydroxyl groups excluding tert-OH is 13. The first-order valence-corrected chi connectivity index (χ1v) is 21.2. The van der Waals surface area contributed by atoms with E-state index in [1.54, 1.807) is 0 Å². The number of carbonyl (C=O) groups is 4. The number of aliphatic carboxylic acids is 4. The quantitative estimate of drug-likeness (QED) is 0.0682. The monoisotopic (exact) mass is 1030 g/mol. The Morgan fingerprint density at radius 3 is 0.871 bits per heavy atom. The lowest BCUT2D eigenvalue weighted by atomic mass is 9.89. The predicted molar refractivity (Wildman–Crippen MR) is 203 cm³/mol. The van der Waals surface area contributed by atoms with Crippen LogP contribution in [-0.2, 0) is 76.0 Å². The molecule has 1 saturated carbocycles. The molecule has 0 amide bonds. The summed E-state index contributed by atoms with van der Waals surface area (Å²) in [5.41, 5.74) is 0. The molecule has 5 aliphatic heterocycles. The molecule has 0 bridgehead atoms. The minimum atomic E-state index is -2.55. The van der Waals surface area contributed by atoms with Gasteiger partial charge in [-0.3, -0.25) is 0 Å². The van der Waals surface area contributed by atoms with Gasteiger partial charge < -0.3 is 144 Å². The number of ether oxygens (including phenoxy) is 12. The van der Waals surface area contributed by atoms with Crippen molar-refractivity contribution in [2.24, 2.45) is 0 Å². The summed E-state index contributed by atoms with van der Waals surface area (Å²) >= 11 is 0. The molecule has 5 heterocycles. The van der Waals surface area contributed by atoms with Crippen LogP contribution in [0.15, 0.2) is 0 Å². The Balaban J connectivity index is 1.12. The molecular formula is C37H56O33. The van der Waals surface area contributed by atoms with Gasteiger partial charge in [-0.1, -0.05) is 0 Å². The highest BCUT2D eigenvalue weighted by Crippen LogP contribution is 2.37. The van der Waals surface area contributed by atoms with E-state index in [4.69, 9.17) is 56.8 Å². The van der Waals surface area contributed by atoms with Crippen molar-refractivity contribution < 1.29 is 163 Å². The van der Waals surface area contributed by atoms with Crippen LogP contribution in [0.25, 0.3) is 0 Å². The molecular weight excluding hydrogens is 972 g/mol. The average molecular weight is 1030 g/mol. The van der Waals surface area contributed by atoms with Crippen molar-refractivity contribution in [1.29, 1.82) is 0 Å². The van der Waals surface area contributed by atoms with Crippen LogP contribution in [0.2, 0.25) is 0 Å². The second-order valence-electron chi connectivity index (χ2n) is 17.0. The zero-order valence-corrected chi connectivity index (χ0v) is 36.3. The molecule has 0 radical (unpaired) electrons. The van der Waals surface area contributed by atoms with Crippen LogP contribution in [0.4, 0.5) is 0 Å². The molecule has 33 heteroatoms. The Labute approximate surface area is 391 Å². The van der Waals surface area contributed by atoms with Crippen LogP contribution in [-0.4, -0.2) is 303 Å². The fourth-order valence-electron chi connectivity index (χ4n) is 8.70. The summed E-state index contributed by atoms with van der Waals surface area (Å²) in [7, 11) is 2.33. The Kier molecular flexibility index (Phi) is 18.4. The molecule has 6 fully saturated rings. The third kappa shape index (κ3) is 11.2. The van der Waals surface area contributed by atoms with Gasteiger partial charge in [0.2, 0.25) is 0 Å². The Morgan fingerprint density at radius 1 is 0.329 bits per heavy atom. The summed E-state index contributed by atoms with van der Waals surface area (Å²) in [6.07, 6.45) is -62.4. The first kappa shape index (κ1) is 56.2. The van der Waals surface area contributed by atoms with Crippen molar-refractivity contribution in [3.05, 3.63) is 0 Å². The first-order chi connectivity index (χ1) is 32.8. The Bertz CT molecular complexity index is 1800. The van der Waals surface area contributed by atoms with Crippen LogP contribution in [0.1, 0.15) is 12.8 Å². The second-order valence-corrected chi connectivity index (χ2v) is 17.0. The lowest BCUT2D eigenvalue weighted by Crippen LogP contribution is -2.69. The number of carboxylic acid groups (broad SMARTS) is 4. The van der Waals surface area contributed by atoms with Crippen LogP contribution < -0.4 is 0 Å². The van der Waals surface area contributed by atoms with Gasteiger partial charge in [-0.25, -0.2) is 19.2 Å². The molecule has 0 aromatic heterocycles. The van der Waals surface area contributed by atoms with Gasteiger partial charge in [0.05, 0.1) is 12.2 Å². The van der Waals surface area contributed by atoms with E-state index in [9.17, 15) is 106 Å². The van der Waals surface area contributed by atoms with Gasteiger partial charge in [-0.05, 0) is 12.8 Å². The van der Waals surface area contributed by atoms with E-state index in [2.05, 4.69) is 0 Å². The lowest BCUT2D eigenvalue weighted by molar-refractivity contribution is -0.390. The molecule has 1 aliphatic carbocycles. The summed E-state index contributed by atoms with van der Waals surface area (Å²) in [4.78, 5) is 49.6. The third-order valence-corrected chi connectivity index (χ3v) is 12.6. The maximum absolute atomic E-state index is 12.5. The highest BCUT2D eigenvalue weighted by molar-refractivity contribution is 5.75. The smallest absolute Gasteiger partial charge is 0.335 e. The summed E-state index contributed by atoms with van der Waals surface area (Å²) in [5, 5.41) is 180. The van der Waals surface area contributed by atoms with Gasteiger partial charge in [0.25, 0.3) is 0 Å². The molecule has 5 saturated heterocycles. The summed E-state index contributed by atoms with van der Waals surface area (Å²) in [6, 6.07) is 0. The molecule has 17 unspecified atom stereocenters. The predicted octanol–water partition coefficient (Wildman–Crippen LogP) is -11.0. The van der Waals surface area contributed by atoms with Crippen molar-refractivity contribution in [3.63, 3.8) is 0 Å². The van der Waals surface area contributed by atoms with E-state index < -0.39 is 202 Å². The van der Waals surface area contributed by atoms with Gasteiger partial charge in [0.15, 0.2) is 62.2 Å². The number of methoxy groups -OCH3 is 2. The second kappa shape index (κ2) is 23.0. The standard InChI is InChI=1S/C37H56O33/c1-59-5-3-4-6(8(39)7(5)38)61-33-14(45)9(40)19(24(66-33)28(50)51)62-34-15(46)10(41)20(25(67-34)29(52)53)63-35-16(47)11(42)21(26(68-35)30(54)55)64-36-17(48)12(43)22(27(69-36)31(56)57)65-37-18(49)13(44)23(60-2)32(58)70-37/h5-27,32-49,58H,3-4H2,1-2H3,(H,50,51)(H,52,53)(H,54,55)(H,56,57)/t5?,6-,7?,8?,9+,10?,11-,12?,13+,14?,15?,16?,17?,18?,19+,20+,21?,22+,23?,24?,25-,26?,27?,32?,33-,34-,35-,36?,37-/m1/s1. The van der Waals surface area contributed by atoms with Crippen LogP contribution in [0, 0.1) is 0 Å².